The highest BCUT2D eigenvalue weighted by Crippen LogP contribution is 2.18. The second kappa shape index (κ2) is 6.67. The summed E-state index contributed by atoms with van der Waals surface area (Å²) in [7, 11) is 0. The molecule has 8 heteroatoms. The molecule has 3 N–H and O–H groups in total. The van der Waals surface area contributed by atoms with Crippen LogP contribution in [0.3, 0.4) is 0 Å². The van der Waals surface area contributed by atoms with Gasteiger partial charge >= 0.3 is 0 Å². The van der Waals surface area contributed by atoms with E-state index in [9.17, 15) is 4.79 Å². The zero-order valence-electron chi connectivity index (χ0n) is 12.9. The van der Waals surface area contributed by atoms with Crippen LogP contribution in [-0.2, 0) is 6.54 Å². The average Bonchev–Trinajstić information content (AvgIpc) is 3.00. The molecule has 0 unspecified atom stereocenters. The second-order valence-electron chi connectivity index (χ2n) is 5.18. The van der Waals surface area contributed by atoms with Crippen LogP contribution in [0.5, 0.6) is 0 Å². The number of nitrogens with one attached hydrogen (secondary N) is 1. The van der Waals surface area contributed by atoms with Crippen LogP contribution in [0.15, 0.2) is 42.6 Å². The Morgan fingerprint density at radius 1 is 1.29 bits per heavy atom. The number of hydrogen-bond donors (Lipinski definition) is 2. The van der Waals surface area contributed by atoms with Crippen molar-refractivity contribution in [3.63, 3.8) is 0 Å². The van der Waals surface area contributed by atoms with E-state index in [2.05, 4.69) is 20.6 Å². The van der Waals surface area contributed by atoms with Gasteiger partial charge in [-0.25, -0.2) is 4.68 Å². The Morgan fingerprint density at radius 2 is 2.08 bits per heavy atom. The van der Waals surface area contributed by atoms with Crippen LogP contribution in [0.1, 0.15) is 21.6 Å². The fraction of sp³-hybridized carbons (Fsp3) is 0.125. The third-order valence-corrected chi connectivity index (χ3v) is 3.62. The predicted molar refractivity (Wildman–Crippen MR) is 91.2 cm³/mol. The van der Waals surface area contributed by atoms with Crippen molar-refractivity contribution in [1.29, 1.82) is 0 Å². The lowest BCUT2D eigenvalue weighted by Gasteiger charge is -2.12. The number of nitrogens with zero attached hydrogens (tertiary/aromatic N) is 4. The standard InChI is InChI=1S/C16H15ClN6O/c1-10-6-7-23(22-10)13-5-3-2-4-11(13)9-19-16-12(15(18)24)8-14(17)20-21-16/h2-8H,9H2,1H3,(H2,18,24)(H,19,21). The quantitative estimate of drug-likeness (QED) is 0.741. The van der Waals surface area contributed by atoms with Gasteiger partial charge in [-0.2, -0.15) is 5.10 Å². The minimum absolute atomic E-state index is 0.113. The molecule has 2 aromatic heterocycles. The lowest BCUT2D eigenvalue weighted by Crippen LogP contribution is -2.16. The maximum atomic E-state index is 11.5. The van der Waals surface area contributed by atoms with E-state index in [4.69, 9.17) is 17.3 Å². The van der Waals surface area contributed by atoms with E-state index in [0.717, 1.165) is 16.9 Å². The van der Waals surface area contributed by atoms with Crippen LogP contribution in [-0.4, -0.2) is 25.9 Å². The summed E-state index contributed by atoms with van der Waals surface area (Å²) in [5, 5.41) is 15.3. The van der Waals surface area contributed by atoms with Crippen molar-refractivity contribution in [2.45, 2.75) is 13.5 Å². The Morgan fingerprint density at radius 3 is 2.79 bits per heavy atom. The number of nitrogens with two attached hydrogens (primary N) is 1. The fourth-order valence-corrected chi connectivity index (χ4v) is 2.45. The van der Waals surface area contributed by atoms with Gasteiger partial charge in [-0.3, -0.25) is 4.79 Å². The van der Waals surface area contributed by atoms with Crippen molar-refractivity contribution in [2.75, 3.05) is 5.32 Å². The smallest absolute Gasteiger partial charge is 0.252 e. The fourth-order valence-electron chi connectivity index (χ4n) is 2.30. The van der Waals surface area contributed by atoms with Gasteiger partial charge in [-0.1, -0.05) is 29.8 Å². The zero-order chi connectivity index (χ0) is 17.1. The van der Waals surface area contributed by atoms with E-state index in [-0.39, 0.29) is 10.7 Å². The summed E-state index contributed by atoms with van der Waals surface area (Å²) in [6.45, 7) is 2.35. The largest absolute Gasteiger partial charge is 0.365 e. The molecule has 3 rings (SSSR count). The molecule has 3 aromatic rings. The van der Waals surface area contributed by atoms with Gasteiger partial charge in [0.05, 0.1) is 16.9 Å². The normalized spacial score (nSPS) is 10.6. The van der Waals surface area contributed by atoms with Crippen molar-refractivity contribution in [3.05, 3.63) is 64.6 Å². The van der Waals surface area contributed by atoms with E-state index in [0.29, 0.717) is 12.4 Å². The van der Waals surface area contributed by atoms with Crippen molar-refractivity contribution in [2.24, 2.45) is 5.73 Å². The number of carbonyl (C=O) groups excluding carboxylic acids is 1. The monoisotopic (exact) mass is 342 g/mol. The Hall–Kier alpha value is -2.93. The first kappa shape index (κ1) is 15.9. The molecule has 0 fully saturated rings. The molecule has 1 amide bonds. The molecule has 0 aliphatic heterocycles. The van der Waals surface area contributed by atoms with Crippen LogP contribution in [0.2, 0.25) is 5.15 Å². The number of hydrogen-bond acceptors (Lipinski definition) is 5. The summed E-state index contributed by atoms with van der Waals surface area (Å²) in [6, 6.07) is 11.1. The van der Waals surface area contributed by atoms with E-state index in [1.807, 2.05) is 43.5 Å². The van der Waals surface area contributed by atoms with Crippen molar-refractivity contribution in [3.8, 4) is 5.69 Å². The van der Waals surface area contributed by atoms with Crippen molar-refractivity contribution >= 4 is 23.3 Å². The molecule has 122 valence electrons. The molecular weight excluding hydrogens is 328 g/mol. The Bertz CT molecular complexity index is 892. The highest BCUT2D eigenvalue weighted by molar-refractivity contribution is 6.29. The molecule has 0 bridgehead atoms. The third kappa shape index (κ3) is 3.36. The predicted octanol–water partition coefficient (Wildman–Crippen LogP) is 2.34. The molecule has 0 aliphatic rings. The molecule has 0 aliphatic carbocycles. The highest BCUT2D eigenvalue weighted by Gasteiger charge is 2.12. The number of anilines is 1. The number of rotatable bonds is 5. The molecule has 7 nitrogen and oxygen atoms in total. The van der Waals surface area contributed by atoms with Crippen LogP contribution >= 0.6 is 11.6 Å². The molecule has 0 saturated heterocycles. The number of amides is 1. The Kier molecular flexibility index (Phi) is 4.43. The second-order valence-corrected chi connectivity index (χ2v) is 5.56. The SMILES string of the molecule is Cc1ccn(-c2ccccc2CNc2nnc(Cl)cc2C(N)=O)n1. The molecule has 1 aromatic carbocycles. The van der Waals surface area contributed by atoms with Gasteiger partial charge in [0.25, 0.3) is 5.91 Å². The molecule has 2 heterocycles. The molecule has 24 heavy (non-hydrogen) atoms. The molecule has 0 radical (unpaired) electrons. The summed E-state index contributed by atoms with van der Waals surface area (Å²) < 4.78 is 1.80. The van der Waals surface area contributed by atoms with Crippen LogP contribution < -0.4 is 11.1 Å². The third-order valence-electron chi connectivity index (χ3n) is 3.44. The van der Waals surface area contributed by atoms with Gasteiger partial charge < -0.3 is 11.1 Å². The van der Waals surface area contributed by atoms with Gasteiger partial charge in [0.1, 0.15) is 0 Å². The maximum Gasteiger partial charge on any atom is 0.252 e. The first-order valence-corrected chi connectivity index (χ1v) is 7.60. The van der Waals surface area contributed by atoms with Gasteiger partial charge in [-0.15, -0.1) is 10.2 Å². The van der Waals surface area contributed by atoms with Gasteiger partial charge in [-0.05, 0) is 30.7 Å². The summed E-state index contributed by atoms with van der Waals surface area (Å²) in [4.78, 5) is 11.5. The van der Waals surface area contributed by atoms with Crippen LogP contribution in [0, 0.1) is 6.92 Å². The van der Waals surface area contributed by atoms with E-state index in [1.54, 1.807) is 4.68 Å². The number of carbonyl (C=O) groups is 1. The number of benzene rings is 1. The number of para-hydroxylation sites is 1. The Balaban J connectivity index is 1.87. The molecule has 0 spiro atoms. The maximum absolute atomic E-state index is 11.5. The van der Waals surface area contributed by atoms with Crippen LogP contribution in [0.25, 0.3) is 5.69 Å². The molecule has 0 atom stereocenters. The molecule has 0 saturated carbocycles. The number of aryl methyl sites for hydroxylation is 1. The van der Waals surface area contributed by atoms with Gasteiger partial charge in [0.15, 0.2) is 11.0 Å². The van der Waals surface area contributed by atoms with E-state index >= 15 is 0 Å². The zero-order valence-corrected chi connectivity index (χ0v) is 13.7. The average molecular weight is 343 g/mol. The minimum Gasteiger partial charge on any atom is -0.365 e. The highest BCUT2D eigenvalue weighted by atomic mass is 35.5. The first-order chi connectivity index (χ1) is 11.5. The Labute approximate surface area is 143 Å². The molecular formula is C16H15ClN6O. The minimum atomic E-state index is -0.620. The number of halogens is 1. The van der Waals surface area contributed by atoms with Gasteiger partial charge in [0.2, 0.25) is 0 Å². The van der Waals surface area contributed by atoms with Gasteiger partial charge in [0, 0.05) is 12.7 Å². The first-order valence-electron chi connectivity index (χ1n) is 7.22. The van der Waals surface area contributed by atoms with Crippen molar-refractivity contribution < 1.29 is 4.79 Å². The topological polar surface area (TPSA) is 98.7 Å². The lowest BCUT2D eigenvalue weighted by atomic mass is 10.1. The summed E-state index contributed by atoms with van der Waals surface area (Å²) in [6.07, 6.45) is 1.89. The lowest BCUT2D eigenvalue weighted by molar-refractivity contribution is 0.100. The number of primary amides is 1. The van der Waals surface area contributed by atoms with Crippen LogP contribution in [0.4, 0.5) is 5.82 Å². The summed E-state index contributed by atoms with van der Waals surface area (Å²) in [5.41, 5.74) is 8.39. The summed E-state index contributed by atoms with van der Waals surface area (Å²) in [5.74, 6) is -0.330. The van der Waals surface area contributed by atoms with E-state index < -0.39 is 5.91 Å². The van der Waals surface area contributed by atoms with E-state index in [1.165, 1.54) is 6.07 Å². The number of aromatic nitrogens is 4. The van der Waals surface area contributed by atoms with Crippen molar-refractivity contribution in [1.82, 2.24) is 20.0 Å². The summed E-state index contributed by atoms with van der Waals surface area (Å²) >= 11 is 5.76.